The Bertz CT molecular complexity index is 240. The van der Waals surface area contributed by atoms with Crippen molar-refractivity contribution in [1.29, 1.82) is 0 Å². The highest BCUT2D eigenvalue weighted by molar-refractivity contribution is 5.04. The number of rotatable bonds is 2. The van der Waals surface area contributed by atoms with Crippen LogP contribution in [0.3, 0.4) is 0 Å². The van der Waals surface area contributed by atoms with Crippen LogP contribution in [-0.4, -0.2) is 11.7 Å². The molecule has 0 radical (unpaired) electrons. The Balaban J connectivity index is 1.85. The summed E-state index contributed by atoms with van der Waals surface area (Å²) in [6.45, 7) is 11.8. The van der Waals surface area contributed by atoms with E-state index in [4.69, 9.17) is 4.74 Å². The van der Waals surface area contributed by atoms with Crippen molar-refractivity contribution in [3.05, 3.63) is 0 Å². The summed E-state index contributed by atoms with van der Waals surface area (Å²) in [5, 5.41) is 0. The number of hydrogen-bond donors (Lipinski definition) is 0. The summed E-state index contributed by atoms with van der Waals surface area (Å²) in [7, 11) is 0. The summed E-state index contributed by atoms with van der Waals surface area (Å²) in [6.07, 6.45) is 5.93. The van der Waals surface area contributed by atoms with E-state index in [1.807, 2.05) is 0 Å². The fraction of sp³-hybridized carbons (Fsp3) is 1.00. The zero-order valence-corrected chi connectivity index (χ0v) is 11.0. The van der Waals surface area contributed by atoms with Gasteiger partial charge in [-0.15, -0.1) is 0 Å². The molecule has 0 bridgehead atoms. The lowest BCUT2D eigenvalue weighted by Crippen LogP contribution is -2.27. The molecule has 1 saturated carbocycles. The first-order valence-corrected chi connectivity index (χ1v) is 6.48. The Kier molecular flexibility index (Phi) is 2.65. The van der Waals surface area contributed by atoms with Crippen molar-refractivity contribution in [3.8, 4) is 0 Å². The van der Waals surface area contributed by atoms with Crippen molar-refractivity contribution in [2.24, 2.45) is 17.3 Å². The summed E-state index contributed by atoms with van der Waals surface area (Å²) in [5.74, 6) is 1.77. The second kappa shape index (κ2) is 3.48. The lowest BCUT2D eigenvalue weighted by atomic mass is 9.72. The van der Waals surface area contributed by atoms with Gasteiger partial charge in [0.1, 0.15) is 0 Å². The largest absolute Gasteiger partial charge is 0.366 e. The summed E-state index contributed by atoms with van der Waals surface area (Å²) < 4.78 is 5.78. The molecule has 15 heavy (non-hydrogen) atoms. The highest BCUT2D eigenvalue weighted by atomic mass is 16.6. The van der Waals surface area contributed by atoms with Gasteiger partial charge in [0.2, 0.25) is 0 Å². The van der Waals surface area contributed by atoms with Gasteiger partial charge in [0.15, 0.2) is 0 Å². The maximum atomic E-state index is 5.78. The van der Waals surface area contributed by atoms with Crippen molar-refractivity contribution in [3.63, 3.8) is 0 Å². The van der Waals surface area contributed by atoms with Gasteiger partial charge in [-0.2, -0.15) is 0 Å². The predicted molar refractivity (Wildman–Crippen MR) is 63.9 cm³/mol. The number of fused-ring (bicyclic) bond motifs is 1. The van der Waals surface area contributed by atoms with Crippen LogP contribution in [0.4, 0.5) is 0 Å². The summed E-state index contributed by atoms with van der Waals surface area (Å²) in [5.41, 5.74) is 0.766. The Hall–Kier alpha value is -0.0400. The second-order valence-electron chi connectivity index (χ2n) is 7.20. The van der Waals surface area contributed by atoms with Gasteiger partial charge in [-0.25, -0.2) is 0 Å². The normalized spacial score (nSPS) is 42.2. The van der Waals surface area contributed by atoms with Crippen molar-refractivity contribution in [2.45, 2.75) is 72.0 Å². The molecule has 1 nitrogen and oxygen atoms in total. The molecule has 0 amide bonds. The van der Waals surface area contributed by atoms with Gasteiger partial charge in [0.25, 0.3) is 0 Å². The lowest BCUT2D eigenvalue weighted by molar-refractivity contribution is 0.198. The fourth-order valence-corrected chi connectivity index (χ4v) is 3.32. The van der Waals surface area contributed by atoms with E-state index in [1.54, 1.807) is 0 Å². The maximum Gasteiger partial charge on any atom is 0.0920 e. The molecule has 1 heteroatoms. The highest BCUT2D eigenvalue weighted by Crippen LogP contribution is 2.51. The van der Waals surface area contributed by atoms with E-state index in [0.29, 0.717) is 11.5 Å². The zero-order valence-electron chi connectivity index (χ0n) is 11.0. The first kappa shape index (κ1) is 11.4. The molecule has 0 aromatic carbocycles. The quantitative estimate of drug-likeness (QED) is 0.627. The molecule has 1 heterocycles. The minimum atomic E-state index is 0.290. The summed E-state index contributed by atoms with van der Waals surface area (Å²) >= 11 is 0. The van der Waals surface area contributed by atoms with E-state index in [0.717, 1.165) is 11.8 Å². The van der Waals surface area contributed by atoms with E-state index < -0.39 is 0 Å². The zero-order chi connectivity index (χ0) is 11.3. The second-order valence-corrected chi connectivity index (χ2v) is 7.20. The lowest BCUT2D eigenvalue weighted by Gasteiger charge is -2.32. The molecule has 1 aliphatic heterocycles. The van der Waals surface area contributed by atoms with Gasteiger partial charge in [-0.3, -0.25) is 0 Å². The molecule has 0 spiro atoms. The van der Waals surface area contributed by atoms with Crippen LogP contribution in [0.1, 0.15) is 60.3 Å². The van der Waals surface area contributed by atoms with Gasteiger partial charge in [0, 0.05) is 0 Å². The van der Waals surface area contributed by atoms with Crippen LogP contribution in [0.2, 0.25) is 0 Å². The molecular formula is C14H26O. The van der Waals surface area contributed by atoms with Crippen LogP contribution in [0.25, 0.3) is 0 Å². The van der Waals surface area contributed by atoms with Crippen molar-refractivity contribution >= 4 is 0 Å². The van der Waals surface area contributed by atoms with Gasteiger partial charge < -0.3 is 4.74 Å². The Morgan fingerprint density at radius 2 is 2.07 bits per heavy atom. The Morgan fingerprint density at radius 1 is 1.40 bits per heavy atom. The third-order valence-electron chi connectivity index (χ3n) is 4.30. The molecule has 0 aromatic heterocycles. The first-order chi connectivity index (χ1) is 6.80. The van der Waals surface area contributed by atoms with Gasteiger partial charge in [-0.05, 0) is 49.9 Å². The van der Waals surface area contributed by atoms with Crippen molar-refractivity contribution < 1.29 is 4.74 Å². The molecule has 1 saturated heterocycles. The Morgan fingerprint density at radius 3 is 2.60 bits per heavy atom. The molecule has 4 unspecified atom stereocenters. The molecule has 2 fully saturated rings. The number of hydrogen-bond acceptors (Lipinski definition) is 1. The highest BCUT2D eigenvalue weighted by Gasteiger charge is 2.55. The number of epoxide rings is 1. The van der Waals surface area contributed by atoms with Crippen LogP contribution in [0.15, 0.2) is 0 Å². The van der Waals surface area contributed by atoms with E-state index in [1.165, 1.54) is 25.7 Å². The van der Waals surface area contributed by atoms with E-state index in [9.17, 15) is 0 Å². The van der Waals surface area contributed by atoms with Crippen molar-refractivity contribution in [1.82, 2.24) is 0 Å². The third-order valence-corrected chi connectivity index (χ3v) is 4.30. The van der Waals surface area contributed by atoms with Crippen LogP contribution < -0.4 is 0 Å². The standard InChI is InChI=1S/C14H26O/c1-10(9-13(2,3)4)11-6-7-14(5)12(8-11)15-14/h10-12H,6-9H2,1-5H3. The molecule has 2 rings (SSSR count). The van der Waals surface area contributed by atoms with Gasteiger partial charge >= 0.3 is 0 Å². The SMILES string of the molecule is CC(CC(C)(C)C)C1CCC2(C)OC2C1. The molecule has 0 N–H and O–H groups in total. The van der Waals surface area contributed by atoms with E-state index >= 15 is 0 Å². The predicted octanol–water partition coefficient (Wildman–Crippen LogP) is 4.02. The van der Waals surface area contributed by atoms with Crippen LogP contribution in [0, 0.1) is 17.3 Å². The van der Waals surface area contributed by atoms with Crippen LogP contribution >= 0.6 is 0 Å². The fourth-order valence-electron chi connectivity index (χ4n) is 3.32. The molecule has 4 atom stereocenters. The molecular weight excluding hydrogens is 184 g/mol. The topological polar surface area (TPSA) is 12.5 Å². The van der Waals surface area contributed by atoms with Gasteiger partial charge in [0.05, 0.1) is 11.7 Å². The Labute approximate surface area is 94.6 Å². The molecule has 2 aliphatic rings. The van der Waals surface area contributed by atoms with E-state index in [2.05, 4.69) is 34.6 Å². The van der Waals surface area contributed by atoms with Crippen LogP contribution in [0.5, 0.6) is 0 Å². The minimum Gasteiger partial charge on any atom is -0.366 e. The maximum absolute atomic E-state index is 5.78. The first-order valence-electron chi connectivity index (χ1n) is 6.48. The van der Waals surface area contributed by atoms with Crippen LogP contribution in [-0.2, 0) is 4.74 Å². The number of ether oxygens (including phenoxy) is 1. The molecule has 88 valence electrons. The molecule has 1 aliphatic carbocycles. The molecule has 0 aromatic rings. The third kappa shape index (κ3) is 2.55. The minimum absolute atomic E-state index is 0.290. The van der Waals surface area contributed by atoms with Crippen molar-refractivity contribution in [2.75, 3.05) is 0 Å². The van der Waals surface area contributed by atoms with Gasteiger partial charge in [-0.1, -0.05) is 27.7 Å². The summed E-state index contributed by atoms with van der Waals surface area (Å²) in [6, 6.07) is 0. The smallest absolute Gasteiger partial charge is 0.0920 e. The van der Waals surface area contributed by atoms with E-state index in [-0.39, 0.29) is 5.60 Å². The summed E-state index contributed by atoms with van der Waals surface area (Å²) in [4.78, 5) is 0. The average Bonchev–Trinajstić information content (AvgIpc) is 2.71. The monoisotopic (exact) mass is 210 g/mol. The average molecular weight is 210 g/mol.